The van der Waals surface area contributed by atoms with Gasteiger partial charge in [0.2, 0.25) is 5.91 Å². The second-order valence-electron chi connectivity index (χ2n) is 9.26. The van der Waals surface area contributed by atoms with Crippen molar-refractivity contribution >= 4 is 17.1 Å². The first-order valence-corrected chi connectivity index (χ1v) is 12.5. The zero-order valence-electron chi connectivity index (χ0n) is 19.9. The number of nitrogens with zero attached hydrogens (tertiary/aromatic N) is 3. The van der Waals surface area contributed by atoms with Gasteiger partial charge in [-0.05, 0) is 31.6 Å². The number of unbranched alkanes of at least 4 members (excludes halogenated alkanes) is 3. The van der Waals surface area contributed by atoms with Crippen LogP contribution in [0.15, 0.2) is 9.59 Å². The van der Waals surface area contributed by atoms with E-state index in [1.165, 1.54) is 12.8 Å². The first kappa shape index (κ1) is 24.3. The summed E-state index contributed by atoms with van der Waals surface area (Å²) in [4.78, 5) is 45.0. The highest BCUT2D eigenvalue weighted by Gasteiger charge is 2.23. The SMILES string of the molecule is CCCCCn1c(CCC(=O)N[C@H]2CCCC[C@H]2C)nc2c1c(=O)[nH]c(=O)n2CCCC. The van der Waals surface area contributed by atoms with Crippen molar-refractivity contribution in [2.24, 2.45) is 5.92 Å². The predicted octanol–water partition coefficient (Wildman–Crippen LogP) is 3.50. The monoisotopic (exact) mass is 445 g/mol. The van der Waals surface area contributed by atoms with Crippen molar-refractivity contribution in [3.63, 3.8) is 0 Å². The van der Waals surface area contributed by atoms with Crippen LogP contribution in [0.25, 0.3) is 11.2 Å². The summed E-state index contributed by atoms with van der Waals surface area (Å²) in [5.74, 6) is 1.26. The molecule has 1 saturated carbocycles. The first-order valence-electron chi connectivity index (χ1n) is 12.5. The van der Waals surface area contributed by atoms with Crippen molar-refractivity contribution in [1.82, 2.24) is 24.4 Å². The van der Waals surface area contributed by atoms with E-state index in [-0.39, 0.29) is 11.9 Å². The molecular formula is C24H39N5O3. The van der Waals surface area contributed by atoms with Crippen molar-refractivity contribution < 1.29 is 4.79 Å². The number of nitrogens with one attached hydrogen (secondary N) is 2. The Kier molecular flexibility index (Phi) is 8.70. The summed E-state index contributed by atoms with van der Waals surface area (Å²) >= 11 is 0. The van der Waals surface area contributed by atoms with Crippen molar-refractivity contribution in [3.8, 4) is 0 Å². The molecule has 2 atom stereocenters. The number of H-pyrrole nitrogens is 1. The molecule has 3 rings (SSSR count). The van der Waals surface area contributed by atoms with Gasteiger partial charge in [-0.3, -0.25) is 19.1 Å². The van der Waals surface area contributed by atoms with E-state index in [0.717, 1.165) is 44.9 Å². The van der Waals surface area contributed by atoms with Crippen molar-refractivity contribution in [2.75, 3.05) is 0 Å². The minimum atomic E-state index is -0.412. The topological polar surface area (TPSA) is 102 Å². The maximum absolute atomic E-state index is 12.7. The van der Waals surface area contributed by atoms with Crippen LogP contribution in [0.4, 0.5) is 0 Å². The molecule has 178 valence electrons. The van der Waals surface area contributed by atoms with Gasteiger partial charge in [0.05, 0.1) is 0 Å². The van der Waals surface area contributed by atoms with E-state index in [1.807, 2.05) is 4.57 Å². The van der Waals surface area contributed by atoms with Gasteiger partial charge >= 0.3 is 5.69 Å². The standard InChI is InChI=1S/C24H39N5O3/c1-4-6-10-16-28-19(13-14-20(30)25-18-12-9-8-11-17(18)3)26-22-21(28)23(31)27-24(32)29(22)15-7-5-2/h17-18H,4-16H2,1-3H3,(H,25,30)(H,27,31,32)/t17-,18+/m1/s1. The van der Waals surface area contributed by atoms with Gasteiger partial charge in [0.1, 0.15) is 5.82 Å². The summed E-state index contributed by atoms with van der Waals surface area (Å²) in [6.07, 6.45) is 10.2. The molecule has 2 N–H and O–H groups in total. The number of hydrogen-bond donors (Lipinski definition) is 2. The summed E-state index contributed by atoms with van der Waals surface area (Å²) in [5.41, 5.74) is 0.0892. The van der Waals surface area contributed by atoms with Crippen LogP contribution in [0.5, 0.6) is 0 Å². The first-order chi connectivity index (χ1) is 15.5. The predicted molar refractivity (Wildman–Crippen MR) is 127 cm³/mol. The second-order valence-corrected chi connectivity index (χ2v) is 9.26. The molecule has 1 aliphatic rings. The lowest BCUT2D eigenvalue weighted by Crippen LogP contribution is -2.41. The molecular weight excluding hydrogens is 406 g/mol. The van der Waals surface area contributed by atoms with Crippen molar-refractivity contribution in [1.29, 1.82) is 0 Å². The molecule has 0 aromatic carbocycles. The number of carbonyl (C=O) groups is 1. The summed E-state index contributed by atoms with van der Waals surface area (Å²) in [6, 6.07) is 0.252. The third-order valence-electron chi connectivity index (χ3n) is 6.72. The molecule has 1 aliphatic carbocycles. The molecule has 0 aliphatic heterocycles. The Morgan fingerprint density at radius 3 is 2.50 bits per heavy atom. The lowest BCUT2D eigenvalue weighted by Gasteiger charge is -2.29. The van der Waals surface area contributed by atoms with E-state index in [2.05, 4.69) is 31.1 Å². The summed E-state index contributed by atoms with van der Waals surface area (Å²) < 4.78 is 3.51. The largest absolute Gasteiger partial charge is 0.353 e. The molecule has 2 heterocycles. The van der Waals surface area contributed by atoms with E-state index < -0.39 is 11.2 Å². The van der Waals surface area contributed by atoms with Crippen molar-refractivity contribution in [2.45, 2.75) is 111 Å². The molecule has 8 nitrogen and oxygen atoms in total. The quantitative estimate of drug-likeness (QED) is 0.517. The number of hydrogen-bond acceptors (Lipinski definition) is 4. The van der Waals surface area contributed by atoms with E-state index in [4.69, 9.17) is 4.98 Å². The molecule has 32 heavy (non-hydrogen) atoms. The van der Waals surface area contributed by atoms with E-state index >= 15 is 0 Å². The number of fused-ring (bicyclic) bond motifs is 1. The Bertz CT molecular complexity index is 1020. The zero-order chi connectivity index (χ0) is 23.1. The normalized spacial score (nSPS) is 18.8. The third kappa shape index (κ3) is 5.70. The van der Waals surface area contributed by atoms with Gasteiger partial charge in [0, 0.05) is 32.0 Å². The molecule has 1 fully saturated rings. The Morgan fingerprint density at radius 1 is 1.06 bits per heavy atom. The zero-order valence-corrected chi connectivity index (χ0v) is 19.9. The molecule has 0 unspecified atom stereocenters. The van der Waals surface area contributed by atoms with Crippen LogP contribution in [0.1, 0.15) is 90.8 Å². The van der Waals surface area contributed by atoms with Crippen molar-refractivity contribution in [3.05, 3.63) is 26.7 Å². The van der Waals surface area contributed by atoms with Crippen LogP contribution in [0, 0.1) is 5.92 Å². The highest BCUT2D eigenvalue weighted by atomic mass is 16.2. The van der Waals surface area contributed by atoms with Gasteiger partial charge in [0.25, 0.3) is 5.56 Å². The molecule has 0 radical (unpaired) electrons. The van der Waals surface area contributed by atoms with Gasteiger partial charge in [0.15, 0.2) is 11.2 Å². The lowest BCUT2D eigenvalue weighted by molar-refractivity contribution is -0.122. The number of carbonyl (C=O) groups excluding carboxylic acids is 1. The smallest absolute Gasteiger partial charge is 0.330 e. The average molecular weight is 446 g/mol. The molecule has 1 amide bonds. The molecule has 8 heteroatoms. The third-order valence-corrected chi connectivity index (χ3v) is 6.72. The summed E-state index contributed by atoms with van der Waals surface area (Å²) in [5, 5.41) is 3.21. The molecule has 2 aromatic rings. The molecule has 0 saturated heterocycles. The van der Waals surface area contributed by atoms with Gasteiger partial charge in [-0.2, -0.15) is 0 Å². The molecule has 2 aromatic heterocycles. The van der Waals surface area contributed by atoms with Gasteiger partial charge in [-0.15, -0.1) is 0 Å². The Morgan fingerprint density at radius 2 is 1.78 bits per heavy atom. The van der Waals surface area contributed by atoms with E-state index in [9.17, 15) is 14.4 Å². The number of imidazole rings is 1. The number of aromatic nitrogens is 4. The average Bonchev–Trinajstić information content (AvgIpc) is 3.13. The van der Waals surface area contributed by atoms with E-state index in [1.54, 1.807) is 4.57 Å². The highest BCUT2D eigenvalue weighted by Crippen LogP contribution is 2.24. The lowest BCUT2D eigenvalue weighted by atomic mass is 9.86. The Balaban J connectivity index is 1.86. The van der Waals surface area contributed by atoms with Gasteiger partial charge in [-0.25, -0.2) is 9.78 Å². The minimum absolute atomic E-state index is 0.0354. The fourth-order valence-electron chi connectivity index (χ4n) is 4.73. The Hall–Kier alpha value is -2.38. The number of aromatic amines is 1. The number of rotatable bonds is 11. The van der Waals surface area contributed by atoms with Gasteiger partial charge in [-0.1, -0.05) is 52.9 Å². The molecule has 0 spiro atoms. The van der Waals surface area contributed by atoms with Crippen LogP contribution >= 0.6 is 0 Å². The Labute approximate surface area is 189 Å². The van der Waals surface area contributed by atoms with Crippen LogP contribution < -0.4 is 16.6 Å². The maximum Gasteiger partial charge on any atom is 0.330 e. The van der Waals surface area contributed by atoms with Crippen LogP contribution in [0.3, 0.4) is 0 Å². The van der Waals surface area contributed by atoms with E-state index in [0.29, 0.717) is 48.8 Å². The van der Waals surface area contributed by atoms with Crippen LogP contribution in [-0.2, 0) is 24.3 Å². The summed E-state index contributed by atoms with van der Waals surface area (Å²) in [6.45, 7) is 7.59. The second kappa shape index (κ2) is 11.5. The highest BCUT2D eigenvalue weighted by molar-refractivity contribution is 5.77. The van der Waals surface area contributed by atoms with Crippen LogP contribution in [0.2, 0.25) is 0 Å². The fourth-order valence-corrected chi connectivity index (χ4v) is 4.73. The molecule has 0 bridgehead atoms. The summed E-state index contributed by atoms with van der Waals surface area (Å²) in [7, 11) is 0. The minimum Gasteiger partial charge on any atom is -0.353 e. The fraction of sp³-hybridized carbons (Fsp3) is 0.750. The maximum atomic E-state index is 12.7. The van der Waals surface area contributed by atoms with Gasteiger partial charge < -0.3 is 9.88 Å². The van der Waals surface area contributed by atoms with Crippen LogP contribution in [-0.4, -0.2) is 31.1 Å². The number of aryl methyl sites for hydroxylation is 3. The number of amides is 1.